The predicted octanol–water partition coefficient (Wildman–Crippen LogP) is 5.69. The van der Waals surface area contributed by atoms with Crippen LogP contribution in [0.2, 0.25) is 0 Å². The maximum absolute atomic E-state index is 12.2. The summed E-state index contributed by atoms with van der Waals surface area (Å²) in [4.78, 5) is 20.0. The second-order valence-corrected chi connectivity index (χ2v) is 6.43. The molecule has 0 radical (unpaired) electrons. The number of benzene rings is 2. The van der Waals surface area contributed by atoms with Crippen molar-refractivity contribution in [2.24, 2.45) is 0 Å². The van der Waals surface area contributed by atoms with Gasteiger partial charge in [-0.3, -0.25) is 4.79 Å². The molecule has 6 heteroatoms. The number of carbonyl (C=O) groups excluding carboxylic acids is 1. The molecule has 4 rings (SSSR count). The van der Waals surface area contributed by atoms with Gasteiger partial charge in [0.15, 0.2) is 0 Å². The molecule has 6 nitrogen and oxygen atoms in total. The highest BCUT2D eigenvalue weighted by molar-refractivity contribution is 5.95. The van der Waals surface area contributed by atoms with Crippen LogP contribution in [0.3, 0.4) is 0 Å². The van der Waals surface area contributed by atoms with Gasteiger partial charge in [0.1, 0.15) is 5.75 Å². The number of carbonyl (C=O) groups is 1. The monoisotopic (exact) mass is 412 g/mol. The van der Waals surface area contributed by atoms with Crippen LogP contribution in [-0.2, 0) is 0 Å². The van der Waals surface area contributed by atoms with Crippen LogP contribution in [0.5, 0.6) is 11.6 Å². The minimum absolute atomic E-state index is 0.214. The highest BCUT2D eigenvalue weighted by Crippen LogP contribution is 2.26. The molecule has 0 spiro atoms. The lowest BCUT2D eigenvalue weighted by Gasteiger charge is -2.08. The van der Waals surface area contributed by atoms with Gasteiger partial charge in [0.25, 0.3) is 5.91 Å². The van der Waals surface area contributed by atoms with E-state index in [-0.39, 0.29) is 12.3 Å². The van der Waals surface area contributed by atoms with E-state index < -0.39 is 0 Å². The van der Waals surface area contributed by atoms with Crippen LogP contribution in [0.25, 0.3) is 22.2 Å². The molecule has 0 atom stereocenters. The average molecular weight is 412 g/mol. The molecule has 2 heterocycles. The molecular formula is C25H24N4O2. The minimum Gasteiger partial charge on any atom is -0.439 e. The molecule has 0 fully saturated rings. The van der Waals surface area contributed by atoms with Crippen LogP contribution >= 0.6 is 0 Å². The molecule has 31 heavy (non-hydrogen) atoms. The number of aromatic nitrogens is 2. The van der Waals surface area contributed by atoms with E-state index in [4.69, 9.17) is 10.00 Å². The van der Waals surface area contributed by atoms with Crippen molar-refractivity contribution < 1.29 is 9.53 Å². The zero-order valence-electron chi connectivity index (χ0n) is 17.6. The second-order valence-electron chi connectivity index (χ2n) is 6.43. The van der Waals surface area contributed by atoms with Crippen molar-refractivity contribution in [1.29, 1.82) is 5.26 Å². The van der Waals surface area contributed by atoms with Gasteiger partial charge < -0.3 is 15.0 Å². The van der Waals surface area contributed by atoms with Gasteiger partial charge in [0, 0.05) is 40.8 Å². The summed E-state index contributed by atoms with van der Waals surface area (Å²) in [7, 11) is 0. The first kappa shape index (κ1) is 21.6. The number of aromatic amines is 1. The fourth-order valence-corrected chi connectivity index (χ4v) is 3.00. The van der Waals surface area contributed by atoms with Crippen LogP contribution in [-0.4, -0.2) is 22.4 Å². The third-order valence-corrected chi connectivity index (χ3v) is 4.41. The quantitative estimate of drug-likeness (QED) is 0.398. The lowest BCUT2D eigenvalue weighted by Crippen LogP contribution is -2.24. The van der Waals surface area contributed by atoms with Gasteiger partial charge in [-0.25, -0.2) is 4.98 Å². The van der Waals surface area contributed by atoms with Gasteiger partial charge in [-0.05, 0) is 42.5 Å². The second kappa shape index (κ2) is 10.6. The fourth-order valence-electron chi connectivity index (χ4n) is 3.00. The van der Waals surface area contributed by atoms with Crippen LogP contribution in [0.4, 0.5) is 0 Å². The van der Waals surface area contributed by atoms with Crippen molar-refractivity contribution in [3.63, 3.8) is 0 Å². The van der Waals surface area contributed by atoms with Crippen molar-refractivity contribution in [2.75, 3.05) is 6.54 Å². The maximum atomic E-state index is 12.2. The number of hydrogen-bond acceptors (Lipinski definition) is 4. The molecule has 2 aromatic carbocycles. The molecule has 0 saturated carbocycles. The molecule has 0 aliphatic heterocycles. The third kappa shape index (κ3) is 5.49. The Bertz CT molecular complexity index is 1210. The van der Waals surface area contributed by atoms with E-state index in [0.717, 1.165) is 16.5 Å². The number of fused-ring (bicyclic) bond motifs is 1. The summed E-state index contributed by atoms with van der Waals surface area (Å²) < 4.78 is 5.93. The van der Waals surface area contributed by atoms with Gasteiger partial charge in [0.05, 0.1) is 18.2 Å². The minimum atomic E-state index is -0.214. The van der Waals surface area contributed by atoms with E-state index in [2.05, 4.69) is 15.3 Å². The van der Waals surface area contributed by atoms with Crippen LogP contribution < -0.4 is 10.1 Å². The number of nitriles is 1. The van der Waals surface area contributed by atoms with E-state index in [0.29, 0.717) is 29.4 Å². The zero-order chi connectivity index (χ0) is 22.1. The third-order valence-electron chi connectivity index (χ3n) is 4.41. The summed E-state index contributed by atoms with van der Waals surface area (Å²) in [5, 5.41) is 12.4. The van der Waals surface area contributed by atoms with Crippen molar-refractivity contribution >= 4 is 16.8 Å². The Morgan fingerprint density at radius 3 is 2.77 bits per heavy atom. The summed E-state index contributed by atoms with van der Waals surface area (Å²) in [5.74, 6) is 0.961. The highest BCUT2D eigenvalue weighted by atomic mass is 16.5. The molecule has 1 amide bonds. The number of pyridine rings is 1. The number of rotatable bonds is 6. The van der Waals surface area contributed by atoms with Crippen LogP contribution in [0.15, 0.2) is 72.9 Å². The molecule has 4 aromatic rings. The van der Waals surface area contributed by atoms with E-state index >= 15 is 0 Å². The number of nitrogens with one attached hydrogen (secondary N) is 2. The number of hydrogen-bond donors (Lipinski definition) is 2. The molecule has 2 aromatic heterocycles. The smallest absolute Gasteiger partial charge is 0.251 e. The number of ether oxygens (including phenoxy) is 1. The van der Waals surface area contributed by atoms with E-state index in [1.807, 2.05) is 74.6 Å². The van der Waals surface area contributed by atoms with Crippen molar-refractivity contribution in [2.45, 2.75) is 20.3 Å². The van der Waals surface area contributed by atoms with Crippen LogP contribution in [0, 0.1) is 11.3 Å². The first-order valence-corrected chi connectivity index (χ1v) is 10.2. The summed E-state index contributed by atoms with van der Waals surface area (Å²) in [6.07, 6.45) is 2.16. The largest absolute Gasteiger partial charge is 0.439 e. The molecule has 0 saturated heterocycles. The average Bonchev–Trinajstić information content (AvgIpc) is 3.29. The molecule has 0 aliphatic carbocycles. The topological polar surface area (TPSA) is 90.8 Å². The summed E-state index contributed by atoms with van der Waals surface area (Å²) in [6, 6.07) is 22.5. The molecule has 0 bridgehead atoms. The summed E-state index contributed by atoms with van der Waals surface area (Å²) in [5.41, 5.74) is 3.08. The standard InChI is InChI=1S/C23H18N4O2.C2H6/c24-11-3-12-26-23(28)18-5-1-4-16(14-18)21-6-2-7-22(27-21)29-19-8-9-20-17(15-19)10-13-25-20;1-2/h1-2,4-10,13-15,25H,3,12H2,(H,26,28);1-2H3. The van der Waals surface area contributed by atoms with Gasteiger partial charge in [-0.15, -0.1) is 0 Å². The van der Waals surface area contributed by atoms with Crippen molar-refractivity contribution in [3.8, 4) is 29.0 Å². The Balaban J connectivity index is 0.00000132. The lowest BCUT2D eigenvalue weighted by molar-refractivity contribution is 0.0954. The zero-order valence-corrected chi connectivity index (χ0v) is 17.6. The first-order valence-electron chi connectivity index (χ1n) is 10.2. The Kier molecular flexibility index (Phi) is 7.39. The molecule has 156 valence electrons. The Morgan fingerprint density at radius 2 is 1.94 bits per heavy atom. The molecule has 0 aliphatic rings. The maximum Gasteiger partial charge on any atom is 0.251 e. The Morgan fingerprint density at radius 1 is 1.10 bits per heavy atom. The first-order chi connectivity index (χ1) is 15.2. The van der Waals surface area contributed by atoms with E-state index in [9.17, 15) is 4.79 Å². The predicted molar refractivity (Wildman–Crippen MR) is 122 cm³/mol. The molecule has 0 unspecified atom stereocenters. The van der Waals surface area contributed by atoms with Crippen molar-refractivity contribution in [1.82, 2.24) is 15.3 Å². The van der Waals surface area contributed by atoms with Gasteiger partial charge >= 0.3 is 0 Å². The summed E-state index contributed by atoms with van der Waals surface area (Å²) in [6.45, 7) is 4.33. The molecular weight excluding hydrogens is 388 g/mol. The SMILES string of the molecule is CC.N#CCCNC(=O)c1cccc(-c2cccc(Oc3ccc4[nH]ccc4c3)n2)c1. The number of amides is 1. The van der Waals surface area contributed by atoms with Gasteiger partial charge in [0.2, 0.25) is 5.88 Å². The van der Waals surface area contributed by atoms with Crippen LogP contribution in [0.1, 0.15) is 30.6 Å². The Labute approximate surface area is 181 Å². The molecule has 2 N–H and O–H groups in total. The van der Waals surface area contributed by atoms with E-state index in [1.165, 1.54) is 0 Å². The van der Waals surface area contributed by atoms with Gasteiger partial charge in [-0.2, -0.15) is 5.26 Å². The number of nitrogens with zero attached hydrogens (tertiary/aromatic N) is 2. The Hall–Kier alpha value is -4.11. The van der Waals surface area contributed by atoms with E-state index in [1.54, 1.807) is 18.2 Å². The lowest BCUT2D eigenvalue weighted by atomic mass is 10.1. The number of H-pyrrole nitrogens is 1. The summed E-state index contributed by atoms with van der Waals surface area (Å²) >= 11 is 0. The highest BCUT2D eigenvalue weighted by Gasteiger charge is 2.09. The van der Waals surface area contributed by atoms with Gasteiger partial charge in [-0.1, -0.05) is 32.0 Å². The fraction of sp³-hybridized carbons (Fsp3) is 0.160. The normalized spacial score (nSPS) is 9.97. The van der Waals surface area contributed by atoms with Crippen molar-refractivity contribution in [3.05, 3.63) is 78.5 Å².